The van der Waals surface area contributed by atoms with Gasteiger partial charge in [-0.3, -0.25) is 4.79 Å². The van der Waals surface area contributed by atoms with Gasteiger partial charge in [-0.05, 0) is 42.1 Å². The van der Waals surface area contributed by atoms with Crippen molar-refractivity contribution in [2.75, 3.05) is 18.2 Å². The van der Waals surface area contributed by atoms with E-state index < -0.39 is 9.84 Å². The molecule has 1 aliphatic heterocycles. The van der Waals surface area contributed by atoms with E-state index in [2.05, 4.69) is 20.0 Å². The number of ether oxygens (including phenoxy) is 1. The maximum Gasteiger partial charge on any atom is 0.309 e. The minimum absolute atomic E-state index is 0.000612. The Hall–Kier alpha value is -2.19. The third kappa shape index (κ3) is 3.91. The van der Waals surface area contributed by atoms with Crippen LogP contribution in [0.1, 0.15) is 17.7 Å². The van der Waals surface area contributed by atoms with E-state index in [1.54, 1.807) is 24.3 Å². The number of carbonyl (C=O) groups is 1. The van der Waals surface area contributed by atoms with Crippen molar-refractivity contribution in [3.05, 3.63) is 40.8 Å². The number of benzene rings is 1. The molecule has 1 N–H and O–H groups in total. The van der Waals surface area contributed by atoms with Gasteiger partial charge >= 0.3 is 5.97 Å². The van der Waals surface area contributed by atoms with E-state index >= 15 is 0 Å². The average molecular weight is 382 g/mol. The average Bonchev–Trinajstić information content (AvgIpc) is 2.55. The number of nitrogens with zero attached hydrogens (tertiary/aromatic N) is 2. The van der Waals surface area contributed by atoms with Gasteiger partial charge in [0.15, 0.2) is 15.7 Å². The van der Waals surface area contributed by atoms with Gasteiger partial charge in [-0.1, -0.05) is 12.1 Å². The number of hydrogen-bond donors (Lipinski definition) is 1. The lowest BCUT2D eigenvalue weighted by Gasteiger charge is -2.19. The van der Waals surface area contributed by atoms with Gasteiger partial charge in [-0.2, -0.15) is 4.98 Å². The number of fused-ring (bicyclic) bond motifs is 1. The number of methoxy groups -OCH3 is 1. The summed E-state index contributed by atoms with van der Waals surface area (Å²) in [6.45, 7) is 0. The number of esters is 1. The van der Waals surface area contributed by atoms with E-state index in [-0.39, 0.29) is 34.1 Å². The smallest absolute Gasteiger partial charge is 0.309 e. The first-order valence-electron chi connectivity index (χ1n) is 7.61. The lowest BCUT2D eigenvalue weighted by molar-refractivity contribution is -0.139. The number of hydrogen-bond acceptors (Lipinski definition) is 7. The van der Waals surface area contributed by atoms with Gasteiger partial charge < -0.3 is 10.1 Å². The number of halogens is 1. The number of nitrogens with one attached hydrogen (secondary N) is 1. The largest absolute Gasteiger partial charge is 0.469 e. The zero-order valence-electron chi connectivity index (χ0n) is 13.5. The number of anilines is 2. The van der Waals surface area contributed by atoms with Crippen LogP contribution >= 0.6 is 11.6 Å². The zero-order chi connectivity index (χ0) is 18.0. The number of rotatable bonds is 4. The van der Waals surface area contributed by atoms with Gasteiger partial charge in [0, 0.05) is 5.69 Å². The molecule has 132 valence electrons. The van der Waals surface area contributed by atoms with Crippen LogP contribution in [-0.4, -0.2) is 37.2 Å². The molecule has 3 rings (SSSR count). The molecule has 2 aromatic rings. The maximum absolute atomic E-state index is 12.4. The summed E-state index contributed by atoms with van der Waals surface area (Å²) in [7, 11) is -2.11. The van der Waals surface area contributed by atoms with Crippen LogP contribution in [0.15, 0.2) is 29.2 Å². The fraction of sp³-hybridized carbons (Fsp3) is 0.312. The van der Waals surface area contributed by atoms with Gasteiger partial charge in [0.1, 0.15) is 4.90 Å². The molecule has 0 unspecified atom stereocenters. The molecule has 1 aromatic heterocycles. The molecular weight excluding hydrogens is 366 g/mol. The quantitative estimate of drug-likeness (QED) is 0.640. The molecule has 0 saturated carbocycles. The topological polar surface area (TPSA) is 98.2 Å². The van der Waals surface area contributed by atoms with Crippen LogP contribution in [0.4, 0.5) is 11.5 Å². The Balaban J connectivity index is 1.91. The third-order valence-corrected chi connectivity index (χ3v) is 5.89. The highest BCUT2D eigenvalue weighted by molar-refractivity contribution is 7.91. The summed E-state index contributed by atoms with van der Waals surface area (Å²) in [5.74, 6) is -0.0866. The van der Waals surface area contributed by atoms with E-state index in [0.29, 0.717) is 24.2 Å². The van der Waals surface area contributed by atoms with Crippen LogP contribution in [0.25, 0.3) is 0 Å². The number of aromatic nitrogens is 2. The Morgan fingerprint density at radius 3 is 2.68 bits per heavy atom. The summed E-state index contributed by atoms with van der Waals surface area (Å²) in [5.41, 5.74) is 1.86. The molecule has 0 fully saturated rings. The lowest BCUT2D eigenvalue weighted by atomic mass is 10.1. The Kier molecular flexibility index (Phi) is 4.91. The van der Waals surface area contributed by atoms with E-state index in [9.17, 15) is 13.2 Å². The molecule has 0 bridgehead atoms. The molecule has 0 radical (unpaired) electrons. The number of carbonyl (C=O) groups excluding carboxylic acids is 1. The van der Waals surface area contributed by atoms with Crippen LogP contribution < -0.4 is 5.32 Å². The van der Waals surface area contributed by atoms with Crippen molar-refractivity contribution in [2.45, 2.75) is 24.2 Å². The second kappa shape index (κ2) is 6.97. The second-order valence-electron chi connectivity index (χ2n) is 5.61. The van der Waals surface area contributed by atoms with Crippen molar-refractivity contribution in [1.29, 1.82) is 0 Å². The van der Waals surface area contributed by atoms with Gasteiger partial charge in [0.05, 0.1) is 25.0 Å². The molecular formula is C16H16ClN3O4S. The molecule has 0 aliphatic carbocycles. The molecule has 9 heteroatoms. The van der Waals surface area contributed by atoms with Crippen molar-refractivity contribution in [3.63, 3.8) is 0 Å². The fourth-order valence-electron chi connectivity index (χ4n) is 2.66. The first-order valence-corrected chi connectivity index (χ1v) is 9.64. The van der Waals surface area contributed by atoms with Gasteiger partial charge in [-0.25, -0.2) is 13.4 Å². The summed E-state index contributed by atoms with van der Waals surface area (Å²) in [4.78, 5) is 19.5. The summed E-state index contributed by atoms with van der Waals surface area (Å²) in [5, 5.41) is 2.99. The Bertz CT molecular complexity index is 914. The van der Waals surface area contributed by atoms with E-state index in [4.69, 9.17) is 11.6 Å². The Morgan fingerprint density at radius 1 is 1.28 bits per heavy atom. The summed E-state index contributed by atoms with van der Waals surface area (Å²) < 4.78 is 29.4. The normalized spacial score (nSPS) is 15.3. The lowest BCUT2D eigenvalue weighted by Crippen LogP contribution is -2.20. The predicted molar refractivity (Wildman–Crippen MR) is 92.9 cm³/mol. The monoisotopic (exact) mass is 381 g/mol. The van der Waals surface area contributed by atoms with Crippen LogP contribution in [-0.2, 0) is 32.2 Å². The van der Waals surface area contributed by atoms with Crippen molar-refractivity contribution in [3.8, 4) is 0 Å². The molecule has 0 spiro atoms. The highest BCUT2D eigenvalue weighted by Crippen LogP contribution is 2.32. The van der Waals surface area contributed by atoms with Gasteiger partial charge in [-0.15, -0.1) is 0 Å². The van der Waals surface area contributed by atoms with Crippen LogP contribution in [0.3, 0.4) is 0 Å². The first-order chi connectivity index (χ1) is 11.9. The second-order valence-corrected chi connectivity index (χ2v) is 8.00. The number of sulfone groups is 1. The van der Waals surface area contributed by atoms with Crippen LogP contribution in [0, 0.1) is 0 Å². The van der Waals surface area contributed by atoms with E-state index in [0.717, 1.165) is 5.56 Å². The van der Waals surface area contributed by atoms with Gasteiger partial charge in [0.25, 0.3) is 0 Å². The van der Waals surface area contributed by atoms with Crippen molar-refractivity contribution >= 4 is 38.9 Å². The molecule has 1 aromatic carbocycles. The first kappa shape index (κ1) is 17.6. The predicted octanol–water partition coefficient (Wildman–Crippen LogP) is 2.31. The minimum Gasteiger partial charge on any atom is -0.469 e. The fourth-order valence-corrected chi connectivity index (χ4v) is 4.47. The van der Waals surface area contributed by atoms with E-state index in [1.165, 1.54) is 7.11 Å². The van der Waals surface area contributed by atoms with Crippen molar-refractivity contribution < 1.29 is 17.9 Å². The standard InChI is InChI=1S/C16H16ClN3O4S/c1-24-13(21)9-10-4-6-11(7-5-10)18-15-14-12(19-16(17)20-15)3-2-8-25(14,22)23/h4-7H,2-3,8-9H2,1H3,(H,18,19,20). The maximum atomic E-state index is 12.4. The molecule has 2 heterocycles. The Morgan fingerprint density at radius 2 is 2.00 bits per heavy atom. The molecule has 1 aliphatic rings. The van der Waals surface area contributed by atoms with Crippen molar-refractivity contribution in [2.24, 2.45) is 0 Å². The van der Waals surface area contributed by atoms with E-state index in [1.807, 2.05) is 0 Å². The molecule has 0 saturated heterocycles. The van der Waals surface area contributed by atoms with Gasteiger partial charge in [0.2, 0.25) is 5.28 Å². The molecule has 0 atom stereocenters. The summed E-state index contributed by atoms with van der Waals surface area (Å²) in [6, 6.07) is 6.97. The summed E-state index contributed by atoms with van der Waals surface area (Å²) in [6.07, 6.45) is 1.23. The molecule has 0 amide bonds. The number of aryl methyl sites for hydroxylation is 1. The van der Waals surface area contributed by atoms with Crippen LogP contribution in [0.2, 0.25) is 5.28 Å². The molecule has 25 heavy (non-hydrogen) atoms. The minimum atomic E-state index is -3.44. The highest BCUT2D eigenvalue weighted by atomic mass is 35.5. The zero-order valence-corrected chi connectivity index (χ0v) is 15.0. The SMILES string of the molecule is COC(=O)Cc1ccc(Nc2nc(Cl)nc3c2S(=O)(=O)CCC3)cc1. The summed E-state index contributed by atoms with van der Waals surface area (Å²) >= 11 is 5.93. The third-order valence-electron chi connectivity index (χ3n) is 3.84. The Labute approximate surface area is 150 Å². The van der Waals surface area contributed by atoms with Crippen molar-refractivity contribution in [1.82, 2.24) is 9.97 Å². The highest BCUT2D eigenvalue weighted by Gasteiger charge is 2.29. The molecule has 7 nitrogen and oxygen atoms in total. The van der Waals surface area contributed by atoms with Crippen LogP contribution in [0.5, 0.6) is 0 Å².